The van der Waals surface area contributed by atoms with E-state index in [1.807, 2.05) is 6.92 Å². The second kappa shape index (κ2) is 11.5. The van der Waals surface area contributed by atoms with E-state index >= 15 is 0 Å². The predicted octanol–water partition coefficient (Wildman–Crippen LogP) is 1.35. The topological polar surface area (TPSA) is 47.6 Å². The molecule has 0 radical (unpaired) electrons. The van der Waals surface area contributed by atoms with Gasteiger partial charge in [0.2, 0.25) is 0 Å². The summed E-state index contributed by atoms with van der Waals surface area (Å²) in [5.41, 5.74) is 0. The minimum absolute atomic E-state index is 0.110. The Bertz CT molecular complexity index is 151. The summed E-state index contributed by atoms with van der Waals surface area (Å²) in [6.07, 6.45) is 2.38. The van der Waals surface area contributed by atoms with Crippen molar-refractivity contribution < 1.29 is 14.3 Å². The number of nitrogens with one attached hydrogen (secondary N) is 1. The van der Waals surface area contributed by atoms with Crippen molar-refractivity contribution in [2.75, 3.05) is 32.9 Å². The van der Waals surface area contributed by atoms with Crippen molar-refractivity contribution in [1.82, 2.24) is 5.32 Å². The van der Waals surface area contributed by atoms with Gasteiger partial charge in [-0.1, -0.05) is 6.92 Å². The third-order valence-electron chi connectivity index (χ3n) is 1.81. The molecule has 4 nitrogen and oxygen atoms in total. The van der Waals surface area contributed by atoms with E-state index in [4.69, 9.17) is 9.47 Å². The van der Waals surface area contributed by atoms with Gasteiger partial charge in [-0.25, -0.2) is 0 Å². The molecule has 90 valence electrons. The van der Waals surface area contributed by atoms with Gasteiger partial charge in [-0.2, -0.15) is 0 Å². The van der Waals surface area contributed by atoms with Crippen molar-refractivity contribution >= 4 is 5.97 Å². The normalized spacial score (nSPS) is 10.3. The van der Waals surface area contributed by atoms with Crippen molar-refractivity contribution in [2.45, 2.75) is 33.1 Å². The first kappa shape index (κ1) is 14.4. The second-order valence-electron chi connectivity index (χ2n) is 3.27. The minimum Gasteiger partial charge on any atom is -0.466 e. The van der Waals surface area contributed by atoms with Crippen molar-refractivity contribution in [3.8, 4) is 0 Å². The van der Waals surface area contributed by atoms with E-state index in [0.29, 0.717) is 13.0 Å². The molecule has 1 N–H and O–H groups in total. The van der Waals surface area contributed by atoms with Gasteiger partial charge < -0.3 is 14.8 Å². The Morgan fingerprint density at radius 3 is 2.67 bits per heavy atom. The Kier molecular flexibility index (Phi) is 11.0. The third-order valence-corrected chi connectivity index (χ3v) is 1.81. The first-order chi connectivity index (χ1) is 7.31. The van der Waals surface area contributed by atoms with Crippen LogP contribution >= 0.6 is 0 Å². The fourth-order valence-electron chi connectivity index (χ4n) is 1.11. The Morgan fingerprint density at radius 1 is 1.20 bits per heavy atom. The van der Waals surface area contributed by atoms with Gasteiger partial charge in [-0.05, 0) is 26.3 Å². The first-order valence-electron chi connectivity index (χ1n) is 5.75. The van der Waals surface area contributed by atoms with Crippen LogP contribution in [0.25, 0.3) is 0 Å². The fourth-order valence-corrected chi connectivity index (χ4v) is 1.11. The van der Waals surface area contributed by atoms with Crippen LogP contribution < -0.4 is 5.32 Å². The van der Waals surface area contributed by atoms with Gasteiger partial charge in [0.25, 0.3) is 0 Å². The van der Waals surface area contributed by atoms with Gasteiger partial charge in [-0.15, -0.1) is 0 Å². The van der Waals surface area contributed by atoms with Crippen molar-refractivity contribution in [3.05, 3.63) is 0 Å². The zero-order chi connectivity index (χ0) is 11.4. The van der Waals surface area contributed by atoms with Gasteiger partial charge in [0, 0.05) is 19.6 Å². The van der Waals surface area contributed by atoms with Crippen LogP contribution in [0.1, 0.15) is 33.1 Å². The Hall–Kier alpha value is -0.610. The highest BCUT2D eigenvalue weighted by molar-refractivity contribution is 5.69. The number of rotatable bonds is 10. The van der Waals surface area contributed by atoms with Crippen molar-refractivity contribution in [2.24, 2.45) is 0 Å². The van der Waals surface area contributed by atoms with Gasteiger partial charge in [0.05, 0.1) is 13.2 Å². The van der Waals surface area contributed by atoms with Crippen LogP contribution in [-0.2, 0) is 14.3 Å². The van der Waals surface area contributed by atoms with Gasteiger partial charge in [0.15, 0.2) is 0 Å². The molecule has 0 heterocycles. The molecule has 4 heteroatoms. The van der Waals surface area contributed by atoms with Crippen LogP contribution in [0.4, 0.5) is 0 Å². The summed E-state index contributed by atoms with van der Waals surface area (Å²) in [6.45, 7) is 7.64. The van der Waals surface area contributed by atoms with Crippen LogP contribution in [0, 0.1) is 0 Å². The van der Waals surface area contributed by atoms with Crippen LogP contribution in [0.2, 0.25) is 0 Å². The highest BCUT2D eigenvalue weighted by Gasteiger charge is 1.99. The van der Waals surface area contributed by atoms with E-state index < -0.39 is 0 Å². The van der Waals surface area contributed by atoms with E-state index in [1.165, 1.54) is 0 Å². The molecule has 0 saturated carbocycles. The summed E-state index contributed by atoms with van der Waals surface area (Å²) in [5.74, 6) is -0.110. The Labute approximate surface area is 92.3 Å². The molecule has 0 bridgehead atoms. The number of hydrogen-bond acceptors (Lipinski definition) is 4. The third kappa shape index (κ3) is 11.3. The molecular weight excluding hydrogens is 194 g/mol. The van der Waals surface area contributed by atoms with Crippen molar-refractivity contribution in [1.29, 1.82) is 0 Å². The summed E-state index contributed by atoms with van der Waals surface area (Å²) >= 11 is 0. The molecule has 0 aliphatic rings. The summed E-state index contributed by atoms with van der Waals surface area (Å²) in [4.78, 5) is 10.9. The smallest absolute Gasteiger partial charge is 0.305 e. The summed E-state index contributed by atoms with van der Waals surface area (Å²) in [7, 11) is 0. The molecule has 0 aliphatic heterocycles. The zero-order valence-corrected chi connectivity index (χ0v) is 9.88. The lowest BCUT2D eigenvalue weighted by Gasteiger charge is -2.05. The molecule has 0 saturated heterocycles. The lowest BCUT2D eigenvalue weighted by Crippen LogP contribution is -2.21. The molecule has 0 atom stereocenters. The Balaban J connectivity index is 3.01. The molecule has 0 aliphatic carbocycles. The number of hydrogen-bond donors (Lipinski definition) is 1. The monoisotopic (exact) mass is 217 g/mol. The highest BCUT2D eigenvalue weighted by Crippen LogP contribution is 1.90. The van der Waals surface area contributed by atoms with E-state index in [2.05, 4.69) is 12.2 Å². The maximum Gasteiger partial charge on any atom is 0.305 e. The molecule has 0 aromatic carbocycles. The number of carbonyl (C=O) groups is 1. The molecule has 15 heavy (non-hydrogen) atoms. The summed E-state index contributed by atoms with van der Waals surface area (Å²) in [5, 5.41) is 3.21. The maximum absolute atomic E-state index is 10.9. The van der Waals surface area contributed by atoms with Gasteiger partial charge >= 0.3 is 5.97 Å². The van der Waals surface area contributed by atoms with Crippen LogP contribution in [0.5, 0.6) is 0 Å². The SMILES string of the molecule is CCCOCCNCCCC(=O)OCC. The molecule has 0 amide bonds. The fraction of sp³-hybridized carbons (Fsp3) is 0.909. The molecule has 0 fully saturated rings. The zero-order valence-electron chi connectivity index (χ0n) is 9.88. The average molecular weight is 217 g/mol. The minimum atomic E-state index is -0.110. The van der Waals surface area contributed by atoms with Crippen LogP contribution in [0.15, 0.2) is 0 Å². The molecule has 0 aromatic rings. The van der Waals surface area contributed by atoms with Crippen LogP contribution in [0.3, 0.4) is 0 Å². The molecule has 0 aromatic heterocycles. The maximum atomic E-state index is 10.9. The predicted molar refractivity (Wildman–Crippen MR) is 59.8 cm³/mol. The van der Waals surface area contributed by atoms with Crippen LogP contribution in [-0.4, -0.2) is 38.9 Å². The average Bonchev–Trinajstić information content (AvgIpc) is 2.22. The lowest BCUT2D eigenvalue weighted by molar-refractivity contribution is -0.143. The quantitative estimate of drug-likeness (QED) is 0.443. The summed E-state index contributed by atoms with van der Waals surface area (Å²) in [6, 6.07) is 0. The standard InChI is InChI=1S/C11H23NO3/c1-3-9-14-10-8-12-7-5-6-11(13)15-4-2/h12H,3-10H2,1-2H3. The number of carbonyl (C=O) groups excluding carboxylic acids is 1. The lowest BCUT2D eigenvalue weighted by atomic mass is 10.3. The van der Waals surface area contributed by atoms with Gasteiger partial charge in [-0.3, -0.25) is 4.79 Å². The highest BCUT2D eigenvalue weighted by atomic mass is 16.5. The molecule has 0 unspecified atom stereocenters. The molecule has 0 spiro atoms. The van der Waals surface area contributed by atoms with E-state index in [0.717, 1.165) is 39.1 Å². The summed E-state index contributed by atoms with van der Waals surface area (Å²) < 4.78 is 10.1. The number of ether oxygens (including phenoxy) is 2. The van der Waals surface area contributed by atoms with Crippen molar-refractivity contribution in [3.63, 3.8) is 0 Å². The second-order valence-corrected chi connectivity index (χ2v) is 3.27. The molecule has 0 rings (SSSR count). The van der Waals surface area contributed by atoms with E-state index in [1.54, 1.807) is 0 Å². The largest absolute Gasteiger partial charge is 0.466 e. The first-order valence-corrected chi connectivity index (χ1v) is 5.75. The van der Waals surface area contributed by atoms with E-state index in [9.17, 15) is 4.79 Å². The number of esters is 1. The van der Waals surface area contributed by atoms with E-state index in [-0.39, 0.29) is 5.97 Å². The Morgan fingerprint density at radius 2 is 2.00 bits per heavy atom. The molecular formula is C11H23NO3. The van der Waals surface area contributed by atoms with Gasteiger partial charge in [0.1, 0.15) is 0 Å².